The third-order valence-corrected chi connectivity index (χ3v) is 19.3. The summed E-state index contributed by atoms with van der Waals surface area (Å²) >= 11 is 0. The van der Waals surface area contributed by atoms with Gasteiger partial charge in [-0.25, -0.2) is 0 Å². The summed E-state index contributed by atoms with van der Waals surface area (Å²) in [6, 6.07) is -0.892. The number of ether oxygens (including phenoxy) is 6. The molecule has 19 nitrogen and oxygen atoms in total. The van der Waals surface area contributed by atoms with E-state index in [4.69, 9.17) is 28.4 Å². The van der Waals surface area contributed by atoms with Crippen molar-refractivity contribution in [3.63, 3.8) is 0 Å². The number of rotatable bonds is 60. The lowest BCUT2D eigenvalue weighted by Gasteiger charge is -2.48. The van der Waals surface area contributed by atoms with Gasteiger partial charge in [0.2, 0.25) is 5.91 Å². The number of hydrogen-bond donors (Lipinski definition) is 12. The number of aliphatic hydroxyl groups excluding tert-OH is 11. The Balaban J connectivity index is 1.38. The van der Waals surface area contributed by atoms with Crippen LogP contribution >= 0.6 is 0 Å². The van der Waals surface area contributed by atoms with Gasteiger partial charge in [0.15, 0.2) is 18.9 Å². The predicted octanol–water partition coefficient (Wildman–Crippen LogP) is 11.4. The molecule has 17 atom stereocenters. The van der Waals surface area contributed by atoms with E-state index >= 15 is 0 Å². The molecule has 0 bridgehead atoms. The molecule has 93 heavy (non-hydrogen) atoms. The van der Waals surface area contributed by atoms with Crippen LogP contribution in [0.2, 0.25) is 0 Å². The van der Waals surface area contributed by atoms with Crippen molar-refractivity contribution in [2.24, 2.45) is 0 Å². The molecule has 0 aromatic heterocycles. The molecule has 0 saturated carbocycles. The zero-order valence-electron chi connectivity index (χ0n) is 58.3. The first kappa shape index (κ1) is 85.5. The lowest BCUT2D eigenvalue weighted by atomic mass is 9.96. The highest BCUT2D eigenvalue weighted by Crippen LogP contribution is 2.33. The minimum absolute atomic E-state index is 0.247. The van der Waals surface area contributed by atoms with Gasteiger partial charge in [-0.05, 0) is 44.9 Å². The Morgan fingerprint density at radius 2 is 0.710 bits per heavy atom. The minimum atomic E-state index is -1.97. The summed E-state index contributed by atoms with van der Waals surface area (Å²) < 4.78 is 34.5. The molecule has 548 valence electrons. The number of amides is 1. The second-order valence-electron chi connectivity index (χ2n) is 27.5. The maximum absolute atomic E-state index is 13.4. The van der Waals surface area contributed by atoms with Gasteiger partial charge in [0.05, 0.1) is 38.6 Å². The average molecular weight is 1330 g/mol. The second-order valence-corrected chi connectivity index (χ2v) is 27.5. The largest absolute Gasteiger partial charge is 0.394 e. The molecule has 3 rings (SSSR count). The van der Waals surface area contributed by atoms with Crippen molar-refractivity contribution in [3.8, 4) is 0 Å². The molecule has 0 aliphatic carbocycles. The molecule has 12 N–H and O–H groups in total. The quantitative estimate of drug-likeness (QED) is 0.0199. The van der Waals surface area contributed by atoms with E-state index in [1.54, 1.807) is 0 Å². The smallest absolute Gasteiger partial charge is 0.220 e. The van der Waals surface area contributed by atoms with Gasteiger partial charge in [0.1, 0.15) is 73.2 Å². The average Bonchev–Trinajstić information content (AvgIpc) is 0.996. The van der Waals surface area contributed by atoms with Crippen molar-refractivity contribution in [2.75, 3.05) is 26.4 Å². The van der Waals surface area contributed by atoms with Crippen LogP contribution < -0.4 is 5.32 Å². The maximum Gasteiger partial charge on any atom is 0.220 e. The third-order valence-electron chi connectivity index (χ3n) is 19.3. The molecular formula is C74H139NO18. The van der Waals surface area contributed by atoms with Gasteiger partial charge in [-0.3, -0.25) is 4.79 Å². The lowest BCUT2D eigenvalue weighted by molar-refractivity contribution is -0.379. The number of carbonyl (C=O) groups is 1. The van der Waals surface area contributed by atoms with Crippen LogP contribution in [0, 0.1) is 0 Å². The first-order chi connectivity index (χ1) is 45.3. The number of allylic oxidation sites excluding steroid dienone is 4. The monoisotopic (exact) mass is 1330 g/mol. The Bertz CT molecular complexity index is 1780. The molecule has 17 unspecified atom stereocenters. The molecule has 0 aromatic rings. The molecular weight excluding hydrogens is 1190 g/mol. The summed E-state index contributed by atoms with van der Waals surface area (Å²) in [5, 5.41) is 121. The Labute approximate surface area is 562 Å². The van der Waals surface area contributed by atoms with Crippen molar-refractivity contribution in [2.45, 2.75) is 413 Å². The zero-order valence-corrected chi connectivity index (χ0v) is 58.3. The first-order valence-corrected chi connectivity index (χ1v) is 38.1. The number of aliphatic hydroxyl groups is 11. The van der Waals surface area contributed by atoms with Crippen LogP contribution in [-0.2, 0) is 33.2 Å². The summed E-state index contributed by atoms with van der Waals surface area (Å²) in [6.45, 7) is 1.82. The first-order valence-electron chi connectivity index (χ1n) is 38.1. The molecule has 0 aromatic carbocycles. The fourth-order valence-corrected chi connectivity index (χ4v) is 13.1. The van der Waals surface area contributed by atoms with Gasteiger partial charge >= 0.3 is 0 Å². The Morgan fingerprint density at radius 3 is 1.11 bits per heavy atom. The van der Waals surface area contributed by atoms with Crippen LogP contribution in [0.3, 0.4) is 0 Å². The van der Waals surface area contributed by atoms with Crippen molar-refractivity contribution in [1.82, 2.24) is 5.32 Å². The van der Waals surface area contributed by atoms with Crippen LogP contribution in [0.5, 0.6) is 0 Å². The fourth-order valence-electron chi connectivity index (χ4n) is 13.1. The maximum atomic E-state index is 13.4. The fraction of sp³-hybridized carbons (Fsp3) is 0.932. The van der Waals surface area contributed by atoms with Crippen molar-refractivity contribution >= 4 is 5.91 Å². The highest BCUT2D eigenvalue weighted by atomic mass is 16.8. The molecule has 0 spiro atoms. The van der Waals surface area contributed by atoms with Crippen LogP contribution in [0.15, 0.2) is 24.3 Å². The van der Waals surface area contributed by atoms with E-state index in [0.29, 0.717) is 12.8 Å². The summed E-state index contributed by atoms with van der Waals surface area (Å²) in [7, 11) is 0. The van der Waals surface area contributed by atoms with E-state index in [-0.39, 0.29) is 18.9 Å². The zero-order chi connectivity index (χ0) is 67.5. The summed E-state index contributed by atoms with van der Waals surface area (Å²) in [6.07, 6.45) is 38.4. The van der Waals surface area contributed by atoms with Gasteiger partial charge in [-0.1, -0.05) is 282 Å². The number of nitrogens with one attached hydrogen (secondary N) is 1. The van der Waals surface area contributed by atoms with E-state index in [1.165, 1.54) is 205 Å². The van der Waals surface area contributed by atoms with E-state index in [2.05, 4.69) is 43.5 Å². The summed E-state index contributed by atoms with van der Waals surface area (Å²) in [4.78, 5) is 13.4. The molecule has 3 aliphatic rings. The Hall–Kier alpha value is -1.73. The van der Waals surface area contributed by atoms with Crippen molar-refractivity contribution in [3.05, 3.63) is 24.3 Å². The Morgan fingerprint density at radius 1 is 0.387 bits per heavy atom. The number of unbranched alkanes of at least 4 members (excludes halogenated alkanes) is 40. The van der Waals surface area contributed by atoms with Gasteiger partial charge < -0.3 is 89.9 Å². The molecule has 0 radical (unpaired) electrons. The normalized spacial score (nSPS) is 27.6. The molecule has 3 fully saturated rings. The SMILES string of the molecule is CCCCCC/C=C\C/C=C\CCCCCCCCCC(=O)NC(COC1OC(CO)C(OC2OC(CO)C(OC3OC(CO)C(O)C(O)C3O)C(O)C2O)C(O)C1O)C(O)CCCCCCCCCCCCCCCCCCCCCCCCCCCCCCCC. The standard InChI is InChI=1S/C74H139NO18/c1-3-5-7-9-11-13-15-17-19-21-23-24-25-26-27-28-29-30-31-32-33-34-35-37-39-41-43-45-47-49-51-58(79)57(75-62(80)52-50-48-46-44-42-40-38-36-22-20-18-16-14-12-10-8-6-4-2)56-88-72-68(86)65(83)70(60(54-77)90-72)93-74-69(87)66(84)71(61(55-78)91-74)92-73-67(85)64(82)63(81)59(53-76)89-73/h14,16,20,22,57-61,63-74,76-79,81-87H,3-13,15,17-19,21,23-56H2,1-2H3,(H,75,80)/b16-14-,22-20-. The third kappa shape index (κ3) is 37.3. The molecule has 19 heteroatoms. The van der Waals surface area contributed by atoms with E-state index in [9.17, 15) is 61.0 Å². The molecule has 3 aliphatic heterocycles. The van der Waals surface area contributed by atoms with Crippen molar-refractivity contribution in [1.29, 1.82) is 0 Å². The van der Waals surface area contributed by atoms with Gasteiger partial charge in [-0.15, -0.1) is 0 Å². The summed E-state index contributed by atoms with van der Waals surface area (Å²) in [5.41, 5.74) is 0. The predicted molar refractivity (Wildman–Crippen MR) is 365 cm³/mol. The highest BCUT2D eigenvalue weighted by Gasteiger charge is 2.53. The van der Waals surface area contributed by atoms with E-state index < -0.39 is 124 Å². The minimum Gasteiger partial charge on any atom is -0.394 e. The van der Waals surface area contributed by atoms with Crippen molar-refractivity contribution < 1.29 is 89.4 Å². The van der Waals surface area contributed by atoms with Gasteiger partial charge in [0, 0.05) is 6.42 Å². The number of hydrogen-bond acceptors (Lipinski definition) is 18. The van der Waals surface area contributed by atoms with E-state index in [1.807, 2.05) is 0 Å². The second kappa shape index (κ2) is 56.1. The van der Waals surface area contributed by atoms with Crippen LogP contribution in [0.1, 0.15) is 309 Å². The van der Waals surface area contributed by atoms with E-state index in [0.717, 1.165) is 70.6 Å². The summed E-state index contributed by atoms with van der Waals surface area (Å²) in [5.74, 6) is -0.247. The molecule has 3 heterocycles. The van der Waals surface area contributed by atoms with Crippen LogP contribution in [0.4, 0.5) is 0 Å². The highest BCUT2D eigenvalue weighted by molar-refractivity contribution is 5.76. The Kier molecular flexibility index (Phi) is 51.5. The topological polar surface area (TPSA) is 307 Å². The van der Waals surface area contributed by atoms with Crippen LogP contribution in [-0.4, -0.2) is 193 Å². The lowest BCUT2D eigenvalue weighted by Crippen LogP contribution is -2.66. The van der Waals surface area contributed by atoms with Crippen LogP contribution in [0.25, 0.3) is 0 Å². The van der Waals surface area contributed by atoms with Gasteiger partial charge in [-0.2, -0.15) is 0 Å². The number of carbonyl (C=O) groups excluding carboxylic acids is 1. The molecule has 1 amide bonds. The van der Waals surface area contributed by atoms with Gasteiger partial charge in [0.25, 0.3) is 0 Å². The molecule has 3 saturated heterocycles.